The van der Waals surface area contributed by atoms with E-state index in [1.165, 1.54) is 0 Å². The molecule has 0 aliphatic rings. The average molecular weight is 191 g/mol. The lowest BCUT2D eigenvalue weighted by Crippen LogP contribution is -2.01. The zero-order valence-corrected chi connectivity index (χ0v) is 8.31. The second kappa shape index (κ2) is 4.65. The van der Waals surface area contributed by atoms with Crippen molar-refractivity contribution in [3.05, 3.63) is 45.3 Å². The van der Waals surface area contributed by atoms with Crippen LogP contribution in [0.2, 0.25) is 0 Å². The number of aliphatic hydroxyl groups is 1. The molecule has 74 valence electrons. The Balaban J connectivity index is 2.88. The van der Waals surface area contributed by atoms with E-state index in [1.54, 1.807) is 0 Å². The van der Waals surface area contributed by atoms with Crippen molar-refractivity contribution in [1.82, 2.24) is 0 Å². The number of aryl methyl sites for hydroxylation is 2. The molecule has 1 rings (SSSR count). The van der Waals surface area contributed by atoms with Crippen LogP contribution in [0.15, 0.2) is 23.3 Å². The minimum atomic E-state index is -0.704. The molecule has 1 aromatic rings. The summed E-state index contributed by atoms with van der Waals surface area (Å²) in [4.78, 5) is 2.61. The Kier molecular flexibility index (Phi) is 3.51. The van der Waals surface area contributed by atoms with Gasteiger partial charge in [0, 0.05) is 4.91 Å². The lowest BCUT2D eigenvalue weighted by atomic mass is 10.0. The van der Waals surface area contributed by atoms with E-state index in [2.05, 4.69) is 10.0 Å². The van der Waals surface area contributed by atoms with Crippen LogP contribution in [0.5, 0.6) is 0 Å². The van der Waals surface area contributed by atoms with Gasteiger partial charge in [-0.25, -0.2) is 0 Å². The van der Waals surface area contributed by atoms with Crippen molar-refractivity contribution in [3.8, 4) is 0 Å². The summed E-state index contributed by atoms with van der Waals surface area (Å²) in [7, 11) is 0. The summed E-state index contributed by atoms with van der Waals surface area (Å²) >= 11 is 0. The summed E-state index contributed by atoms with van der Waals surface area (Å²) in [6.45, 7) is 4.02. The Labute approximate surface area is 82.8 Å². The smallest absolute Gasteiger partial charge is 0.0846 e. The first-order valence-electron chi connectivity index (χ1n) is 4.40. The second-order valence-corrected chi connectivity index (χ2v) is 3.35. The lowest BCUT2D eigenvalue weighted by molar-refractivity contribution is 0.186. The van der Waals surface area contributed by atoms with Crippen LogP contribution < -0.4 is 0 Å². The fourth-order valence-electron chi connectivity index (χ4n) is 1.42. The topological polar surface area (TPSA) is 69.0 Å². The molecular formula is C10H13N3O. The van der Waals surface area contributed by atoms with Crippen molar-refractivity contribution >= 4 is 0 Å². The number of benzene rings is 1. The van der Waals surface area contributed by atoms with E-state index in [0.717, 1.165) is 16.7 Å². The molecule has 0 bridgehead atoms. The zero-order chi connectivity index (χ0) is 10.6. The molecular weight excluding hydrogens is 178 g/mol. The third-order valence-corrected chi connectivity index (χ3v) is 1.95. The molecule has 0 radical (unpaired) electrons. The Morgan fingerprint density at radius 3 is 2.43 bits per heavy atom. The largest absolute Gasteiger partial charge is 0.388 e. The summed E-state index contributed by atoms with van der Waals surface area (Å²) in [6.07, 6.45) is -0.704. The van der Waals surface area contributed by atoms with Crippen LogP contribution in [-0.2, 0) is 0 Å². The van der Waals surface area contributed by atoms with Crippen LogP contribution in [-0.4, -0.2) is 11.7 Å². The molecule has 0 aliphatic carbocycles. The third-order valence-electron chi connectivity index (χ3n) is 1.95. The molecule has 4 nitrogen and oxygen atoms in total. The molecule has 1 N–H and O–H groups in total. The molecule has 14 heavy (non-hydrogen) atoms. The number of rotatable bonds is 3. The van der Waals surface area contributed by atoms with E-state index in [9.17, 15) is 5.11 Å². The van der Waals surface area contributed by atoms with Crippen LogP contribution in [0.4, 0.5) is 0 Å². The highest BCUT2D eigenvalue weighted by atomic mass is 16.3. The minimum Gasteiger partial charge on any atom is -0.388 e. The summed E-state index contributed by atoms with van der Waals surface area (Å²) in [5.41, 5.74) is 11.1. The number of azide groups is 1. The van der Waals surface area contributed by atoms with Crippen molar-refractivity contribution in [2.75, 3.05) is 6.54 Å². The van der Waals surface area contributed by atoms with Gasteiger partial charge in [0.25, 0.3) is 0 Å². The fourth-order valence-corrected chi connectivity index (χ4v) is 1.42. The zero-order valence-electron chi connectivity index (χ0n) is 8.31. The van der Waals surface area contributed by atoms with E-state index in [4.69, 9.17) is 5.53 Å². The second-order valence-electron chi connectivity index (χ2n) is 3.35. The monoisotopic (exact) mass is 191 g/mol. The predicted octanol–water partition coefficient (Wildman–Crippen LogP) is 2.65. The third kappa shape index (κ3) is 2.76. The van der Waals surface area contributed by atoms with E-state index in [1.807, 2.05) is 32.0 Å². The number of hydrogen-bond donors (Lipinski definition) is 1. The maximum atomic E-state index is 9.64. The Morgan fingerprint density at radius 1 is 1.36 bits per heavy atom. The summed E-state index contributed by atoms with van der Waals surface area (Å²) in [6, 6.07) is 5.82. The lowest BCUT2D eigenvalue weighted by Gasteiger charge is -2.09. The number of nitrogens with zero attached hydrogens (tertiary/aromatic N) is 3. The summed E-state index contributed by atoms with van der Waals surface area (Å²) in [5, 5.41) is 13.0. The summed E-state index contributed by atoms with van der Waals surface area (Å²) in [5.74, 6) is 0. The number of aliphatic hydroxyl groups excluding tert-OH is 1. The van der Waals surface area contributed by atoms with Crippen LogP contribution >= 0.6 is 0 Å². The number of hydrogen-bond acceptors (Lipinski definition) is 2. The van der Waals surface area contributed by atoms with Crippen molar-refractivity contribution < 1.29 is 5.11 Å². The van der Waals surface area contributed by atoms with Gasteiger partial charge in [0.05, 0.1) is 12.6 Å². The van der Waals surface area contributed by atoms with Crippen molar-refractivity contribution in [1.29, 1.82) is 0 Å². The summed E-state index contributed by atoms with van der Waals surface area (Å²) < 4.78 is 0. The van der Waals surface area contributed by atoms with Gasteiger partial charge in [0.2, 0.25) is 0 Å². The molecule has 0 aromatic heterocycles. The normalized spacial score (nSPS) is 11.9. The maximum absolute atomic E-state index is 9.64. The quantitative estimate of drug-likeness (QED) is 0.445. The van der Waals surface area contributed by atoms with E-state index >= 15 is 0 Å². The molecule has 0 saturated heterocycles. The molecule has 0 spiro atoms. The van der Waals surface area contributed by atoms with E-state index in [0.29, 0.717) is 0 Å². The maximum Gasteiger partial charge on any atom is 0.0846 e. The predicted molar refractivity (Wildman–Crippen MR) is 54.9 cm³/mol. The SMILES string of the molecule is Cc1cc(C)cc([C@H](O)CN=[N+]=[N-])c1. The molecule has 0 fully saturated rings. The fraction of sp³-hybridized carbons (Fsp3) is 0.400. The van der Waals surface area contributed by atoms with E-state index in [-0.39, 0.29) is 6.54 Å². The Morgan fingerprint density at radius 2 is 1.93 bits per heavy atom. The van der Waals surface area contributed by atoms with Crippen LogP contribution in [0.3, 0.4) is 0 Å². The van der Waals surface area contributed by atoms with Gasteiger partial charge in [0.15, 0.2) is 0 Å². The van der Waals surface area contributed by atoms with Crippen LogP contribution in [0, 0.1) is 13.8 Å². The highest BCUT2D eigenvalue weighted by Crippen LogP contribution is 2.17. The Hall–Kier alpha value is -1.51. The van der Waals surface area contributed by atoms with Gasteiger partial charge < -0.3 is 5.11 Å². The molecule has 0 aliphatic heterocycles. The average Bonchev–Trinajstić information content (AvgIpc) is 2.12. The van der Waals surface area contributed by atoms with Gasteiger partial charge >= 0.3 is 0 Å². The molecule has 1 aromatic carbocycles. The molecule has 4 heteroatoms. The Bertz CT molecular complexity index is 349. The first-order chi connectivity index (χ1) is 6.63. The van der Waals surface area contributed by atoms with Crippen molar-refractivity contribution in [2.24, 2.45) is 5.11 Å². The minimum absolute atomic E-state index is 0.0827. The highest BCUT2D eigenvalue weighted by molar-refractivity contribution is 5.30. The van der Waals surface area contributed by atoms with E-state index < -0.39 is 6.10 Å². The first-order valence-corrected chi connectivity index (χ1v) is 4.40. The van der Waals surface area contributed by atoms with Crippen LogP contribution in [0.25, 0.3) is 10.4 Å². The van der Waals surface area contributed by atoms with Gasteiger partial charge in [-0.1, -0.05) is 34.4 Å². The molecule has 0 unspecified atom stereocenters. The van der Waals surface area contributed by atoms with Gasteiger partial charge in [-0.05, 0) is 24.9 Å². The molecule has 0 saturated carbocycles. The van der Waals surface area contributed by atoms with Gasteiger partial charge in [-0.15, -0.1) is 0 Å². The standard InChI is InChI=1S/C10H13N3O/c1-7-3-8(2)5-9(4-7)10(14)6-12-13-11/h3-5,10,14H,6H2,1-2H3/t10-/m1/s1. The van der Waals surface area contributed by atoms with Crippen LogP contribution in [0.1, 0.15) is 22.8 Å². The van der Waals surface area contributed by atoms with Gasteiger partial charge in [0.1, 0.15) is 0 Å². The molecule has 1 atom stereocenters. The van der Waals surface area contributed by atoms with Crippen molar-refractivity contribution in [2.45, 2.75) is 20.0 Å². The molecule has 0 amide bonds. The van der Waals surface area contributed by atoms with Crippen molar-refractivity contribution in [3.63, 3.8) is 0 Å². The van der Waals surface area contributed by atoms with Gasteiger partial charge in [-0.2, -0.15) is 0 Å². The van der Waals surface area contributed by atoms with Gasteiger partial charge in [-0.3, -0.25) is 0 Å². The molecule has 0 heterocycles. The first kappa shape index (κ1) is 10.6. The highest BCUT2D eigenvalue weighted by Gasteiger charge is 2.06.